The molecule has 0 spiro atoms. The van der Waals surface area contributed by atoms with Crippen LogP contribution in [-0.4, -0.2) is 61.6 Å². The third kappa shape index (κ3) is 5.10. The monoisotopic (exact) mass is 396 g/mol. The van der Waals surface area contributed by atoms with Crippen LogP contribution >= 0.6 is 11.3 Å². The molecule has 0 bridgehead atoms. The summed E-state index contributed by atoms with van der Waals surface area (Å²) < 4.78 is 5.43. The Hall–Kier alpha value is -1.95. The molecule has 0 atom stereocenters. The fourth-order valence-electron chi connectivity index (χ4n) is 3.94. The minimum Gasteiger partial charge on any atom is -0.379 e. The minimum atomic E-state index is 0.138. The first-order valence-electron chi connectivity index (χ1n) is 10.2. The van der Waals surface area contributed by atoms with Gasteiger partial charge < -0.3 is 9.64 Å². The molecule has 1 amide bonds. The van der Waals surface area contributed by atoms with E-state index in [-0.39, 0.29) is 5.91 Å². The van der Waals surface area contributed by atoms with E-state index in [2.05, 4.69) is 41.3 Å². The average Bonchev–Trinajstić information content (AvgIpc) is 3.23. The van der Waals surface area contributed by atoms with E-state index in [4.69, 9.17) is 4.74 Å². The van der Waals surface area contributed by atoms with Gasteiger partial charge in [-0.05, 0) is 42.5 Å². The maximum atomic E-state index is 12.6. The fraction of sp³-hybridized carbons (Fsp3) is 0.435. The van der Waals surface area contributed by atoms with Gasteiger partial charge in [0, 0.05) is 48.6 Å². The second-order valence-corrected chi connectivity index (χ2v) is 8.70. The number of ether oxygens (including phenoxy) is 1. The van der Waals surface area contributed by atoms with Crippen molar-refractivity contribution in [3.63, 3.8) is 0 Å². The van der Waals surface area contributed by atoms with Crippen molar-refractivity contribution < 1.29 is 9.53 Å². The van der Waals surface area contributed by atoms with Crippen molar-refractivity contribution in [2.45, 2.75) is 12.8 Å². The van der Waals surface area contributed by atoms with Gasteiger partial charge in [-0.3, -0.25) is 9.69 Å². The van der Waals surface area contributed by atoms with Gasteiger partial charge >= 0.3 is 0 Å². The summed E-state index contributed by atoms with van der Waals surface area (Å²) >= 11 is 1.72. The molecule has 0 unspecified atom stereocenters. The number of amides is 1. The van der Waals surface area contributed by atoms with Crippen molar-refractivity contribution in [2.75, 3.05) is 45.9 Å². The molecule has 2 aliphatic heterocycles. The largest absolute Gasteiger partial charge is 0.379 e. The highest BCUT2D eigenvalue weighted by atomic mass is 32.1. The van der Waals surface area contributed by atoms with Crippen molar-refractivity contribution >= 4 is 23.3 Å². The molecule has 2 saturated heterocycles. The van der Waals surface area contributed by atoms with Crippen molar-refractivity contribution in [3.8, 4) is 10.4 Å². The molecular weight excluding hydrogens is 368 g/mol. The molecule has 4 nitrogen and oxygen atoms in total. The number of nitrogens with zero attached hydrogens (tertiary/aromatic N) is 2. The van der Waals surface area contributed by atoms with Crippen molar-refractivity contribution in [3.05, 3.63) is 53.4 Å². The van der Waals surface area contributed by atoms with E-state index in [1.165, 1.54) is 10.4 Å². The summed E-state index contributed by atoms with van der Waals surface area (Å²) in [6.07, 6.45) is 5.91. The second-order valence-electron chi connectivity index (χ2n) is 7.58. The topological polar surface area (TPSA) is 32.8 Å². The molecule has 2 fully saturated rings. The molecule has 148 valence electrons. The van der Waals surface area contributed by atoms with E-state index >= 15 is 0 Å². The number of carbonyl (C=O) groups excluding carboxylic acids is 1. The van der Waals surface area contributed by atoms with Gasteiger partial charge in [0.15, 0.2) is 0 Å². The summed E-state index contributed by atoms with van der Waals surface area (Å²) in [6.45, 7) is 6.71. The quantitative estimate of drug-likeness (QED) is 0.716. The van der Waals surface area contributed by atoms with E-state index in [0.717, 1.165) is 63.7 Å². The van der Waals surface area contributed by atoms with Crippen LogP contribution in [0.4, 0.5) is 0 Å². The summed E-state index contributed by atoms with van der Waals surface area (Å²) in [5.74, 6) is 0.844. The van der Waals surface area contributed by atoms with Crippen molar-refractivity contribution in [2.24, 2.45) is 5.92 Å². The Kier molecular flexibility index (Phi) is 6.57. The summed E-state index contributed by atoms with van der Waals surface area (Å²) in [7, 11) is 0. The molecule has 0 N–H and O–H groups in total. The van der Waals surface area contributed by atoms with Crippen molar-refractivity contribution in [1.82, 2.24) is 9.80 Å². The van der Waals surface area contributed by atoms with E-state index in [1.54, 1.807) is 17.4 Å². The fourth-order valence-corrected chi connectivity index (χ4v) is 4.86. The lowest BCUT2D eigenvalue weighted by Gasteiger charge is -2.35. The normalized spacial score (nSPS) is 19.4. The number of benzene rings is 1. The number of morpholine rings is 1. The molecule has 1 aromatic carbocycles. The summed E-state index contributed by atoms with van der Waals surface area (Å²) in [5, 5.41) is 0. The summed E-state index contributed by atoms with van der Waals surface area (Å²) in [4.78, 5) is 19.4. The van der Waals surface area contributed by atoms with Gasteiger partial charge in [0.1, 0.15) is 0 Å². The number of hydrogen-bond acceptors (Lipinski definition) is 4. The molecule has 0 radical (unpaired) electrons. The molecule has 2 aliphatic rings. The third-order valence-corrected chi connectivity index (χ3v) is 6.72. The number of thiophene rings is 1. The maximum Gasteiger partial charge on any atom is 0.246 e. The highest BCUT2D eigenvalue weighted by Crippen LogP contribution is 2.28. The van der Waals surface area contributed by atoms with Gasteiger partial charge in [0.2, 0.25) is 5.91 Å². The first kappa shape index (κ1) is 19.4. The Bertz CT molecular complexity index is 788. The number of hydrogen-bond donors (Lipinski definition) is 0. The van der Waals surface area contributed by atoms with E-state index < -0.39 is 0 Å². The Morgan fingerprint density at radius 3 is 2.54 bits per heavy atom. The van der Waals surface area contributed by atoms with E-state index in [1.807, 2.05) is 17.0 Å². The molecule has 1 aromatic heterocycles. The molecule has 5 heteroatoms. The number of piperidine rings is 1. The first-order valence-corrected chi connectivity index (χ1v) is 11.0. The molecule has 2 aromatic rings. The highest BCUT2D eigenvalue weighted by Gasteiger charge is 2.24. The Labute approximate surface area is 171 Å². The molecule has 4 rings (SSSR count). The number of rotatable bonds is 5. The number of likely N-dealkylation sites (tertiary alicyclic amines) is 1. The Morgan fingerprint density at radius 1 is 1.04 bits per heavy atom. The van der Waals surface area contributed by atoms with Crippen molar-refractivity contribution in [1.29, 1.82) is 0 Å². The van der Waals surface area contributed by atoms with Crippen LogP contribution in [0.5, 0.6) is 0 Å². The van der Waals surface area contributed by atoms with Crippen LogP contribution in [0.3, 0.4) is 0 Å². The molecule has 28 heavy (non-hydrogen) atoms. The lowest BCUT2D eigenvalue weighted by atomic mass is 9.96. The minimum absolute atomic E-state index is 0.138. The smallest absolute Gasteiger partial charge is 0.246 e. The van der Waals surface area contributed by atoms with Gasteiger partial charge in [0.25, 0.3) is 0 Å². The molecule has 0 saturated carbocycles. The first-order chi connectivity index (χ1) is 13.8. The second kappa shape index (κ2) is 9.50. The van der Waals surface area contributed by atoms with E-state index in [9.17, 15) is 4.79 Å². The third-order valence-electron chi connectivity index (χ3n) is 5.62. The number of carbonyl (C=O) groups is 1. The average molecular weight is 397 g/mol. The highest BCUT2D eigenvalue weighted by molar-refractivity contribution is 7.16. The maximum absolute atomic E-state index is 12.6. The Balaban J connectivity index is 1.26. The zero-order chi connectivity index (χ0) is 19.2. The van der Waals surface area contributed by atoms with Gasteiger partial charge in [0.05, 0.1) is 13.2 Å². The standard InChI is InChI=1S/C23H28N2O2S/c26-23(9-7-21-6-8-22(28-21)20-4-2-1-3-5-20)25-12-10-19(11-13-25)18-24-14-16-27-17-15-24/h1-9,19H,10-18H2. The lowest BCUT2D eigenvalue weighted by molar-refractivity contribution is -0.127. The SMILES string of the molecule is O=C(C=Cc1ccc(-c2ccccc2)s1)N1CCC(CN2CCOCC2)CC1. The van der Waals surface area contributed by atoms with Gasteiger partial charge in [-0.25, -0.2) is 0 Å². The molecular formula is C23H28N2O2S. The van der Waals surface area contributed by atoms with Gasteiger partial charge in [-0.2, -0.15) is 0 Å². The molecule has 3 heterocycles. The van der Waals surface area contributed by atoms with Crippen LogP contribution in [0.15, 0.2) is 48.5 Å². The van der Waals surface area contributed by atoms with Crippen LogP contribution in [0.1, 0.15) is 17.7 Å². The predicted molar refractivity (Wildman–Crippen MR) is 115 cm³/mol. The van der Waals surface area contributed by atoms with Crippen LogP contribution < -0.4 is 0 Å². The zero-order valence-electron chi connectivity index (χ0n) is 16.3. The van der Waals surface area contributed by atoms with Gasteiger partial charge in [-0.1, -0.05) is 30.3 Å². The van der Waals surface area contributed by atoms with E-state index in [0.29, 0.717) is 5.92 Å². The van der Waals surface area contributed by atoms with Crippen LogP contribution in [0.2, 0.25) is 0 Å². The van der Waals surface area contributed by atoms with Crippen LogP contribution in [0.25, 0.3) is 16.5 Å². The van der Waals surface area contributed by atoms with Gasteiger partial charge in [-0.15, -0.1) is 11.3 Å². The summed E-state index contributed by atoms with van der Waals surface area (Å²) in [6, 6.07) is 14.6. The molecule has 0 aliphatic carbocycles. The van der Waals surface area contributed by atoms with Crippen LogP contribution in [0, 0.1) is 5.92 Å². The predicted octanol–water partition coefficient (Wildman–Crippen LogP) is 4.00. The lowest BCUT2D eigenvalue weighted by Crippen LogP contribution is -2.43. The Morgan fingerprint density at radius 2 is 1.79 bits per heavy atom. The zero-order valence-corrected chi connectivity index (χ0v) is 17.1. The van der Waals surface area contributed by atoms with Crippen LogP contribution in [-0.2, 0) is 9.53 Å². The summed E-state index contributed by atoms with van der Waals surface area (Å²) in [5.41, 5.74) is 1.22.